The molecule has 3 rings (SSSR count). The molecule has 0 radical (unpaired) electrons. The lowest BCUT2D eigenvalue weighted by Gasteiger charge is -2.17. The Morgan fingerprint density at radius 1 is 0.861 bits per heavy atom. The summed E-state index contributed by atoms with van der Waals surface area (Å²) in [6.07, 6.45) is 3.78. The van der Waals surface area contributed by atoms with Crippen molar-refractivity contribution < 1.29 is 14.4 Å². The Bertz CT molecular complexity index is 1230. The van der Waals surface area contributed by atoms with Gasteiger partial charge in [0, 0.05) is 6.54 Å². The van der Waals surface area contributed by atoms with Crippen molar-refractivity contribution in [1.29, 1.82) is 0 Å². The first kappa shape index (κ1) is 26.5. The second-order valence-electron chi connectivity index (χ2n) is 8.54. The van der Waals surface area contributed by atoms with Crippen LogP contribution in [-0.2, 0) is 22.6 Å². The first-order chi connectivity index (χ1) is 17.3. The maximum Gasteiger partial charge on any atom is 0.285 e. The summed E-state index contributed by atoms with van der Waals surface area (Å²) >= 11 is 0. The van der Waals surface area contributed by atoms with Crippen molar-refractivity contribution in [3.63, 3.8) is 0 Å². The van der Waals surface area contributed by atoms with Gasteiger partial charge in [-0.05, 0) is 54.4 Å². The van der Waals surface area contributed by atoms with E-state index in [-0.39, 0.29) is 12.0 Å². The third-order valence-corrected chi connectivity index (χ3v) is 6.12. The molecule has 0 aliphatic carbocycles. The van der Waals surface area contributed by atoms with E-state index in [2.05, 4.69) is 35.9 Å². The van der Waals surface area contributed by atoms with E-state index < -0.39 is 23.5 Å². The standard InChI is InChI=1S/C29H32N4O3/c1-3-33(4-2)19-22-12-10-20(11-13-22)14-16-25-23(28(30)35)15-17-26(32-25)24(27(34)29(31)36)18-21-8-6-5-7-9-21/h5-17,24H,3-4,18-19H2,1-2H3,(H2,30,35)(H2,31,36)/b16-14+. The summed E-state index contributed by atoms with van der Waals surface area (Å²) in [5.74, 6) is -3.28. The Hall–Kier alpha value is -4.10. The maximum absolute atomic E-state index is 12.7. The van der Waals surface area contributed by atoms with Gasteiger partial charge in [0.2, 0.25) is 5.78 Å². The molecule has 0 saturated carbocycles. The van der Waals surface area contributed by atoms with E-state index in [0.717, 1.165) is 30.8 Å². The number of ketones is 1. The fourth-order valence-corrected chi connectivity index (χ4v) is 3.99. The van der Waals surface area contributed by atoms with Crippen molar-refractivity contribution in [3.8, 4) is 0 Å². The van der Waals surface area contributed by atoms with Gasteiger partial charge >= 0.3 is 0 Å². The molecule has 1 unspecified atom stereocenters. The number of nitrogens with zero attached hydrogens (tertiary/aromatic N) is 2. The summed E-state index contributed by atoms with van der Waals surface area (Å²) in [5, 5.41) is 0. The van der Waals surface area contributed by atoms with Crippen molar-refractivity contribution in [2.24, 2.45) is 11.5 Å². The van der Waals surface area contributed by atoms with Crippen LogP contribution in [-0.4, -0.2) is 40.6 Å². The molecule has 3 aromatic rings. The summed E-state index contributed by atoms with van der Waals surface area (Å²) in [5.41, 5.74) is 14.8. The number of aromatic nitrogens is 1. The van der Waals surface area contributed by atoms with Gasteiger partial charge in [-0.1, -0.05) is 74.5 Å². The predicted molar refractivity (Wildman–Crippen MR) is 142 cm³/mol. The Kier molecular flexibility index (Phi) is 9.25. The maximum atomic E-state index is 12.7. The summed E-state index contributed by atoms with van der Waals surface area (Å²) < 4.78 is 0. The van der Waals surface area contributed by atoms with Crippen molar-refractivity contribution in [2.75, 3.05) is 13.1 Å². The number of carbonyl (C=O) groups is 3. The lowest BCUT2D eigenvalue weighted by atomic mass is 9.90. The summed E-state index contributed by atoms with van der Waals surface area (Å²) in [6, 6.07) is 20.5. The lowest BCUT2D eigenvalue weighted by Crippen LogP contribution is -2.30. The van der Waals surface area contributed by atoms with E-state index in [1.54, 1.807) is 12.1 Å². The Balaban J connectivity index is 1.92. The normalized spacial score (nSPS) is 12.1. The molecule has 0 saturated heterocycles. The predicted octanol–water partition coefficient (Wildman–Crippen LogP) is 3.57. The van der Waals surface area contributed by atoms with Gasteiger partial charge in [0.05, 0.1) is 22.9 Å². The zero-order valence-electron chi connectivity index (χ0n) is 20.7. The number of Topliss-reactive ketones (excluding diaryl/α,β-unsaturated/α-hetero) is 1. The van der Waals surface area contributed by atoms with Crippen LogP contribution in [0, 0.1) is 0 Å². The fourth-order valence-electron chi connectivity index (χ4n) is 3.99. The van der Waals surface area contributed by atoms with E-state index >= 15 is 0 Å². The van der Waals surface area contributed by atoms with Crippen LogP contribution in [0.15, 0.2) is 66.7 Å². The topological polar surface area (TPSA) is 119 Å². The highest BCUT2D eigenvalue weighted by Crippen LogP contribution is 2.23. The Labute approximate surface area is 211 Å². The van der Waals surface area contributed by atoms with Gasteiger partial charge in [-0.3, -0.25) is 24.3 Å². The van der Waals surface area contributed by atoms with E-state index in [4.69, 9.17) is 11.5 Å². The van der Waals surface area contributed by atoms with Crippen molar-refractivity contribution in [3.05, 3.63) is 100 Å². The average molecular weight is 485 g/mol. The average Bonchev–Trinajstić information content (AvgIpc) is 2.89. The number of rotatable bonds is 12. The van der Waals surface area contributed by atoms with Crippen LogP contribution in [0.3, 0.4) is 0 Å². The highest BCUT2D eigenvalue weighted by molar-refractivity contribution is 6.37. The Morgan fingerprint density at radius 3 is 2.11 bits per heavy atom. The van der Waals surface area contributed by atoms with E-state index in [0.29, 0.717) is 11.4 Å². The minimum atomic E-state index is -1.03. The molecule has 1 aromatic heterocycles. The molecule has 7 nitrogen and oxygen atoms in total. The molecule has 0 spiro atoms. The molecule has 2 amide bonds. The highest BCUT2D eigenvalue weighted by Gasteiger charge is 2.27. The second kappa shape index (κ2) is 12.6. The number of carbonyl (C=O) groups excluding carboxylic acids is 3. The molecule has 0 fully saturated rings. The van der Waals surface area contributed by atoms with Crippen molar-refractivity contribution in [2.45, 2.75) is 32.7 Å². The zero-order valence-corrected chi connectivity index (χ0v) is 20.7. The van der Waals surface area contributed by atoms with Gasteiger partial charge in [0.15, 0.2) is 0 Å². The number of primary amides is 2. The van der Waals surface area contributed by atoms with E-state index in [1.807, 2.05) is 48.5 Å². The monoisotopic (exact) mass is 484 g/mol. The summed E-state index contributed by atoms with van der Waals surface area (Å²) in [4.78, 5) is 43.4. The number of benzene rings is 2. The number of hydrogen-bond donors (Lipinski definition) is 2. The number of amides is 2. The van der Waals surface area contributed by atoms with Gasteiger partial charge in [0.1, 0.15) is 0 Å². The van der Waals surface area contributed by atoms with Crippen LogP contribution < -0.4 is 11.5 Å². The van der Waals surface area contributed by atoms with Crippen LogP contribution >= 0.6 is 0 Å². The summed E-state index contributed by atoms with van der Waals surface area (Å²) in [6.45, 7) is 7.13. The molecular weight excluding hydrogens is 452 g/mol. The largest absolute Gasteiger partial charge is 0.366 e. The number of pyridine rings is 1. The first-order valence-electron chi connectivity index (χ1n) is 12.0. The van der Waals surface area contributed by atoms with Crippen molar-refractivity contribution in [1.82, 2.24) is 9.88 Å². The number of hydrogen-bond acceptors (Lipinski definition) is 5. The molecule has 0 aliphatic heterocycles. The Morgan fingerprint density at radius 2 is 1.53 bits per heavy atom. The van der Waals surface area contributed by atoms with Crippen molar-refractivity contribution >= 4 is 29.7 Å². The summed E-state index contributed by atoms with van der Waals surface area (Å²) in [7, 11) is 0. The van der Waals surface area contributed by atoms with Crippen LogP contribution in [0.1, 0.15) is 58.2 Å². The van der Waals surface area contributed by atoms with Gasteiger partial charge in [-0.25, -0.2) is 0 Å². The van der Waals surface area contributed by atoms with Gasteiger partial charge in [-0.2, -0.15) is 0 Å². The molecule has 1 heterocycles. The second-order valence-corrected chi connectivity index (χ2v) is 8.54. The molecule has 0 bridgehead atoms. The molecular formula is C29H32N4O3. The third kappa shape index (κ3) is 6.96. The van der Waals surface area contributed by atoms with Gasteiger partial charge in [-0.15, -0.1) is 0 Å². The van der Waals surface area contributed by atoms with Crippen LogP contribution in [0.25, 0.3) is 12.2 Å². The molecule has 2 aromatic carbocycles. The molecule has 1 atom stereocenters. The fraction of sp³-hybridized carbons (Fsp3) is 0.241. The molecule has 36 heavy (non-hydrogen) atoms. The molecule has 4 N–H and O–H groups in total. The molecule has 186 valence electrons. The lowest BCUT2D eigenvalue weighted by molar-refractivity contribution is -0.136. The molecule has 0 aliphatic rings. The molecule has 7 heteroatoms. The highest BCUT2D eigenvalue weighted by atomic mass is 16.2. The van der Waals surface area contributed by atoms with Gasteiger partial charge < -0.3 is 11.5 Å². The number of nitrogens with two attached hydrogens (primary N) is 2. The minimum Gasteiger partial charge on any atom is -0.366 e. The smallest absolute Gasteiger partial charge is 0.285 e. The minimum absolute atomic E-state index is 0.220. The van der Waals surface area contributed by atoms with Crippen LogP contribution in [0.2, 0.25) is 0 Å². The third-order valence-electron chi connectivity index (χ3n) is 6.12. The van der Waals surface area contributed by atoms with Crippen LogP contribution in [0.4, 0.5) is 0 Å². The van der Waals surface area contributed by atoms with Gasteiger partial charge in [0.25, 0.3) is 11.8 Å². The first-order valence-corrected chi connectivity index (χ1v) is 12.0. The SMILES string of the molecule is CCN(CC)Cc1ccc(/C=C/c2nc(C(Cc3ccccc3)C(=O)C(N)=O)ccc2C(N)=O)cc1. The zero-order chi connectivity index (χ0) is 26.1. The quantitative estimate of drug-likeness (QED) is 0.381. The van der Waals surface area contributed by atoms with Crippen LogP contribution in [0.5, 0.6) is 0 Å². The van der Waals surface area contributed by atoms with E-state index in [9.17, 15) is 14.4 Å². The van der Waals surface area contributed by atoms with E-state index in [1.165, 1.54) is 11.6 Å².